The van der Waals surface area contributed by atoms with Gasteiger partial charge in [-0.2, -0.15) is 0 Å². The second kappa shape index (κ2) is 4.70. The third-order valence-corrected chi connectivity index (χ3v) is 3.97. The number of hydrogen-bond donors (Lipinski definition) is 2. The third kappa shape index (κ3) is 2.24. The van der Waals surface area contributed by atoms with Crippen molar-refractivity contribution < 1.29 is 9.21 Å². The summed E-state index contributed by atoms with van der Waals surface area (Å²) < 4.78 is 5.47. The predicted molar refractivity (Wildman–Crippen MR) is 73.6 cm³/mol. The molecule has 2 aromatic rings. The van der Waals surface area contributed by atoms with E-state index in [0.29, 0.717) is 13.1 Å². The molecule has 1 amide bonds. The van der Waals surface area contributed by atoms with Crippen LogP contribution in [0.4, 0.5) is 0 Å². The Morgan fingerprint density at radius 1 is 1.37 bits per heavy atom. The van der Waals surface area contributed by atoms with Crippen molar-refractivity contribution in [3.8, 4) is 0 Å². The zero-order valence-corrected chi connectivity index (χ0v) is 10.8. The number of carbonyl (C=O) groups is 1. The number of nitrogens with one attached hydrogen (secondary N) is 1. The highest BCUT2D eigenvalue weighted by Gasteiger charge is 2.48. The fourth-order valence-electron chi connectivity index (χ4n) is 2.40. The van der Waals surface area contributed by atoms with Crippen LogP contribution in [0.5, 0.6) is 0 Å². The molecular formula is C15H18N2O2. The molecule has 3 rings (SSSR count). The topological polar surface area (TPSA) is 68.3 Å². The van der Waals surface area contributed by atoms with Gasteiger partial charge in [0.05, 0.1) is 11.7 Å². The molecule has 1 aromatic carbocycles. The maximum absolute atomic E-state index is 11.9. The standard InChI is InChI=1S/C15H18N2O2/c16-10-15(6-7-15)14(18)17-8-5-11-9-19-13-4-2-1-3-12(11)13/h1-4,9H,5-8,10,16H2,(H,17,18). The number of nitrogens with two attached hydrogens (primary N) is 1. The molecule has 4 heteroatoms. The number of amides is 1. The maximum atomic E-state index is 11.9. The molecule has 0 bridgehead atoms. The van der Waals surface area contributed by atoms with E-state index in [9.17, 15) is 4.79 Å². The number of hydrogen-bond acceptors (Lipinski definition) is 3. The molecule has 1 aliphatic rings. The van der Waals surface area contributed by atoms with E-state index in [1.165, 1.54) is 0 Å². The van der Waals surface area contributed by atoms with Crippen LogP contribution in [0.3, 0.4) is 0 Å². The lowest BCUT2D eigenvalue weighted by atomic mass is 10.1. The molecule has 1 heterocycles. The minimum Gasteiger partial charge on any atom is -0.464 e. The summed E-state index contributed by atoms with van der Waals surface area (Å²) in [5, 5.41) is 4.10. The van der Waals surface area contributed by atoms with Gasteiger partial charge in [-0.1, -0.05) is 18.2 Å². The molecule has 0 atom stereocenters. The molecule has 1 fully saturated rings. The Labute approximate surface area is 112 Å². The minimum atomic E-state index is -0.265. The van der Waals surface area contributed by atoms with Crippen LogP contribution in [0.2, 0.25) is 0 Å². The van der Waals surface area contributed by atoms with Crippen LogP contribution in [0.25, 0.3) is 11.0 Å². The monoisotopic (exact) mass is 258 g/mol. The summed E-state index contributed by atoms with van der Waals surface area (Å²) in [4.78, 5) is 11.9. The van der Waals surface area contributed by atoms with Crippen molar-refractivity contribution in [2.45, 2.75) is 19.3 Å². The van der Waals surface area contributed by atoms with Crippen molar-refractivity contribution in [2.24, 2.45) is 11.1 Å². The SMILES string of the molecule is NCC1(C(=O)NCCc2coc3ccccc23)CC1. The zero-order chi connectivity index (χ0) is 13.3. The van der Waals surface area contributed by atoms with Crippen LogP contribution in [-0.4, -0.2) is 19.0 Å². The van der Waals surface area contributed by atoms with Gasteiger partial charge < -0.3 is 15.5 Å². The summed E-state index contributed by atoms with van der Waals surface area (Å²) in [5.41, 5.74) is 7.40. The lowest BCUT2D eigenvalue weighted by Crippen LogP contribution is -2.37. The Bertz CT molecular complexity index is 599. The van der Waals surface area contributed by atoms with Gasteiger partial charge in [0.1, 0.15) is 5.58 Å². The second-order valence-electron chi connectivity index (χ2n) is 5.25. The van der Waals surface area contributed by atoms with Gasteiger partial charge in [-0.05, 0) is 30.9 Å². The fraction of sp³-hybridized carbons (Fsp3) is 0.400. The molecule has 3 N–H and O–H groups in total. The third-order valence-electron chi connectivity index (χ3n) is 3.97. The highest BCUT2D eigenvalue weighted by atomic mass is 16.3. The maximum Gasteiger partial charge on any atom is 0.227 e. The first-order chi connectivity index (χ1) is 9.25. The normalized spacial score (nSPS) is 16.5. The largest absolute Gasteiger partial charge is 0.464 e. The van der Waals surface area contributed by atoms with Crippen molar-refractivity contribution in [3.63, 3.8) is 0 Å². The number of para-hydroxylation sites is 1. The van der Waals surface area contributed by atoms with Crippen molar-refractivity contribution in [1.29, 1.82) is 0 Å². The smallest absolute Gasteiger partial charge is 0.227 e. The quantitative estimate of drug-likeness (QED) is 0.859. The number of furan rings is 1. The number of benzene rings is 1. The molecule has 100 valence electrons. The van der Waals surface area contributed by atoms with E-state index in [-0.39, 0.29) is 11.3 Å². The first-order valence-corrected chi connectivity index (χ1v) is 6.69. The van der Waals surface area contributed by atoms with Gasteiger partial charge in [0, 0.05) is 18.5 Å². The Hall–Kier alpha value is -1.81. The summed E-state index contributed by atoms with van der Waals surface area (Å²) in [6.45, 7) is 1.08. The molecule has 19 heavy (non-hydrogen) atoms. The average molecular weight is 258 g/mol. The van der Waals surface area contributed by atoms with E-state index in [1.807, 2.05) is 24.3 Å². The Kier molecular flexibility index (Phi) is 3.03. The van der Waals surface area contributed by atoms with Gasteiger partial charge in [0.25, 0.3) is 0 Å². The predicted octanol–water partition coefficient (Wildman–Crippen LogP) is 1.83. The highest BCUT2D eigenvalue weighted by Crippen LogP contribution is 2.44. The van der Waals surface area contributed by atoms with Gasteiger partial charge in [0.15, 0.2) is 0 Å². The molecule has 0 unspecified atom stereocenters. The van der Waals surface area contributed by atoms with Crippen molar-refractivity contribution in [1.82, 2.24) is 5.32 Å². The number of fused-ring (bicyclic) bond motifs is 1. The molecule has 1 saturated carbocycles. The van der Waals surface area contributed by atoms with Crippen LogP contribution in [0.1, 0.15) is 18.4 Å². The van der Waals surface area contributed by atoms with Crippen LogP contribution in [0.15, 0.2) is 34.9 Å². The van der Waals surface area contributed by atoms with Crippen molar-refractivity contribution in [3.05, 3.63) is 36.1 Å². The zero-order valence-electron chi connectivity index (χ0n) is 10.8. The lowest BCUT2D eigenvalue weighted by molar-refractivity contribution is -0.125. The van der Waals surface area contributed by atoms with E-state index >= 15 is 0 Å². The first-order valence-electron chi connectivity index (χ1n) is 6.69. The molecule has 1 aliphatic carbocycles. The van der Waals surface area contributed by atoms with Gasteiger partial charge in [-0.15, -0.1) is 0 Å². The fourth-order valence-corrected chi connectivity index (χ4v) is 2.40. The molecule has 0 spiro atoms. The van der Waals surface area contributed by atoms with Crippen LogP contribution < -0.4 is 11.1 Å². The van der Waals surface area contributed by atoms with E-state index in [2.05, 4.69) is 5.32 Å². The van der Waals surface area contributed by atoms with E-state index in [0.717, 1.165) is 35.8 Å². The van der Waals surface area contributed by atoms with E-state index in [1.54, 1.807) is 6.26 Å². The Morgan fingerprint density at radius 2 is 2.16 bits per heavy atom. The van der Waals surface area contributed by atoms with Crippen LogP contribution in [-0.2, 0) is 11.2 Å². The van der Waals surface area contributed by atoms with Gasteiger partial charge in [-0.3, -0.25) is 4.79 Å². The van der Waals surface area contributed by atoms with E-state index in [4.69, 9.17) is 10.2 Å². The molecule has 0 aliphatic heterocycles. The minimum absolute atomic E-state index is 0.0998. The summed E-state index contributed by atoms with van der Waals surface area (Å²) in [5.74, 6) is 0.0998. The Morgan fingerprint density at radius 3 is 2.89 bits per heavy atom. The van der Waals surface area contributed by atoms with Crippen molar-refractivity contribution >= 4 is 16.9 Å². The average Bonchev–Trinajstić information content (AvgIpc) is 3.15. The second-order valence-corrected chi connectivity index (χ2v) is 5.25. The van der Waals surface area contributed by atoms with Gasteiger partial charge in [0.2, 0.25) is 5.91 Å². The lowest BCUT2D eigenvalue weighted by Gasteiger charge is -2.12. The molecule has 0 radical (unpaired) electrons. The summed E-state index contributed by atoms with van der Waals surface area (Å²) in [6, 6.07) is 7.94. The molecular weight excluding hydrogens is 240 g/mol. The van der Waals surface area contributed by atoms with Crippen LogP contribution in [0, 0.1) is 5.41 Å². The molecule has 0 saturated heterocycles. The number of rotatable bonds is 5. The highest BCUT2D eigenvalue weighted by molar-refractivity contribution is 5.85. The van der Waals surface area contributed by atoms with Crippen molar-refractivity contribution in [2.75, 3.05) is 13.1 Å². The van der Waals surface area contributed by atoms with Gasteiger partial charge in [-0.25, -0.2) is 0 Å². The molecule has 4 nitrogen and oxygen atoms in total. The first kappa shape index (κ1) is 12.2. The van der Waals surface area contributed by atoms with E-state index < -0.39 is 0 Å². The van der Waals surface area contributed by atoms with Crippen LogP contribution >= 0.6 is 0 Å². The summed E-state index contributed by atoms with van der Waals surface area (Å²) in [7, 11) is 0. The molecule has 1 aromatic heterocycles. The Balaban J connectivity index is 1.59. The van der Waals surface area contributed by atoms with Gasteiger partial charge >= 0.3 is 0 Å². The summed E-state index contributed by atoms with van der Waals surface area (Å²) >= 11 is 0. The number of carbonyl (C=O) groups excluding carboxylic acids is 1. The summed E-state index contributed by atoms with van der Waals surface area (Å²) in [6.07, 6.45) is 4.39.